The van der Waals surface area contributed by atoms with E-state index in [2.05, 4.69) is 44.7 Å². The van der Waals surface area contributed by atoms with E-state index in [1.165, 1.54) is 5.56 Å². The van der Waals surface area contributed by atoms with E-state index < -0.39 is 5.54 Å². The van der Waals surface area contributed by atoms with Gasteiger partial charge in [-0.05, 0) is 41.7 Å². The average molecular weight is 385 g/mol. The van der Waals surface area contributed by atoms with E-state index in [1.54, 1.807) is 0 Å². The molecule has 0 saturated heterocycles. The van der Waals surface area contributed by atoms with Gasteiger partial charge in [-0.25, -0.2) is 0 Å². The van der Waals surface area contributed by atoms with Crippen LogP contribution in [0.3, 0.4) is 0 Å². The zero-order valence-corrected chi connectivity index (χ0v) is 16.4. The number of carbonyl (C=O) groups excluding carboxylic acids is 1. The molecule has 0 unspecified atom stereocenters. The van der Waals surface area contributed by atoms with Gasteiger partial charge in [0, 0.05) is 6.42 Å². The lowest BCUT2D eigenvalue weighted by Gasteiger charge is -2.37. The van der Waals surface area contributed by atoms with Crippen molar-refractivity contribution >= 4 is 17.1 Å². The van der Waals surface area contributed by atoms with Crippen LogP contribution in [-0.2, 0) is 11.2 Å². The van der Waals surface area contributed by atoms with Gasteiger partial charge in [-0.3, -0.25) is 4.79 Å². The smallest absolute Gasteiger partial charge is 0.256 e. The van der Waals surface area contributed by atoms with Crippen LogP contribution in [0.1, 0.15) is 35.4 Å². The molecule has 2 heterocycles. The lowest BCUT2D eigenvalue weighted by molar-refractivity contribution is -0.117. The highest BCUT2D eigenvalue weighted by molar-refractivity contribution is 6.27. The summed E-state index contributed by atoms with van der Waals surface area (Å²) in [5.74, 6) is 0.0972. The Bertz CT molecular complexity index is 1040. The third kappa shape index (κ3) is 3.87. The summed E-state index contributed by atoms with van der Waals surface area (Å²) in [5, 5.41) is 17.4. The molecular weight excluding hydrogens is 362 g/mol. The van der Waals surface area contributed by atoms with Crippen LogP contribution >= 0.6 is 0 Å². The number of tetrazole rings is 1. The summed E-state index contributed by atoms with van der Waals surface area (Å²) in [6.07, 6.45) is 4.06. The van der Waals surface area contributed by atoms with Crippen molar-refractivity contribution in [2.45, 2.75) is 31.7 Å². The van der Waals surface area contributed by atoms with Gasteiger partial charge in [0.15, 0.2) is 0 Å². The molecule has 4 rings (SSSR count). The number of nitrogens with one attached hydrogen (secondary N) is 2. The summed E-state index contributed by atoms with van der Waals surface area (Å²) < 4.78 is 0. The van der Waals surface area contributed by atoms with Crippen molar-refractivity contribution in [3.63, 3.8) is 0 Å². The van der Waals surface area contributed by atoms with Crippen molar-refractivity contribution < 1.29 is 4.79 Å². The molecule has 0 saturated carbocycles. The maximum atomic E-state index is 13.2. The summed E-state index contributed by atoms with van der Waals surface area (Å²) in [6.45, 7) is 6.09. The molecule has 1 aliphatic heterocycles. The molecule has 2 aromatic carbocycles. The molecule has 1 aliphatic rings. The predicted molar refractivity (Wildman–Crippen MR) is 113 cm³/mol. The highest BCUT2D eigenvalue weighted by Gasteiger charge is 2.39. The number of amides is 1. The highest BCUT2D eigenvalue weighted by Crippen LogP contribution is 2.38. The number of aromatic amines is 1. The first-order valence-electron chi connectivity index (χ1n) is 9.64. The van der Waals surface area contributed by atoms with Gasteiger partial charge in [-0.15, -0.1) is 16.8 Å². The maximum Gasteiger partial charge on any atom is 0.256 e. The van der Waals surface area contributed by atoms with Gasteiger partial charge >= 0.3 is 0 Å². The summed E-state index contributed by atoms with van der Waals surface area (Å²) >= 11 is 0. The molecule has 0 radical (unpaired) electrons. The van der Waals surface area contributed by atoms with Crippen LogP contribution in [0, 0.1) is 6.92 Å². The van der Waals surface area contributed by atoms with Gasteiger partial charge in [0.25, 0.3) is 5.91 Å². The quantitative estimate of drug-likeness (QED) is 0.636. The second-order valence-electron chi connectivity index (χ2n) is 7.43. The number of hydrogen-bond donors (Lipinski definition) is 2. The minimum atomic E-state index is -0.541. The van der Waals surface area contributed by atoms with E-state index in [0.29, 0.717) is 17.8 Å². The normalized spacial score (nSPS) is 19.1. The SMILES string of the molecule is C=C[C@]1(CCc2ccccc2)CC(c2ccc(C)cc2)=C(c2nn[nH]n2)C(=O)N1. The number of aryl methyl sites for hydroxylation is 2. The Kier molecular flexibility index (Phi) is 5.08. The largest absolute Gasteiger partial charge is 0.343 e. The molecule has 0 aliphatic carbocycles. The fourth-order valence-electron chi connectivity index (χ4n) is 3.77. The molecule has 2 N–H and O–H groups in total. The zero-order valence-electron chi connectivity index (χ0n) is 16.4. The molecule has 146 valence electrons. The molecule has 29 heavy (non-hydrogen) atoms. The lowest BCUT2D eigenvalue weighted by atomic mass is 9.78. The molecular formula is C23H23N5O. The van der Waals surface area contributed by atoms with Crippen LogP contribution < -0.4 is 5.32 Å². The Hall–Kier alpha value is -3.54. The first-order chi connectivity index (χ1) is 14.1. The van der Waals surface area contributed by atoms with E-state index in [-0.39, 0.29) is 5.91 Å². The second-order valence-corrected chi connectivity index (χ2v) is 7.43. The molecule has 1 aromatic heterocycles. The lowest BCUT2D eigenvalue weighted by Crippen LogP contribution is -2.50. The average Bonchev–Trinajstić information content (AvgIpc) is 3.27. The standard InChI is InChI=1S/C23H23N5O/c1-3-23(14-13-17-7-5-4-6-8-17)15-19(18-11-9-16(2)10-12-18)20(22(29)24-23)21-25-27-28-26-21/h3-12H,1,13-15H2,2H3,(H,24,29)(H,25,26,27,28)/t23-/m0/s1. The first-order valence-corrected chi connectivity index (χ1v) is 9.64. The van der Waals surface area contributed by atoms with Gasteiger partial charge < -0.3 is 5.32 Å². The van der Waals surface area contributed by atoms with Gasteiger partial charge in [-0.2, -0.15) is 5.21 Å². The summed E-state index contributed by atoms with van der Waals surface area (Å²) in [6, 6.07) is 18.4. The Morgan fingerprint density at radius 3 is 2.55 bits per heavy atom. The molecule has 6 nitrogen and oxygen atoms in total. The Morgan fingerprint density at radius 2 is 1.90 bits per heavy atom. The molecule has 0 fully saturated rings. The molecule has 6 heteroatoms. The Labute approximate surface area is 169 Å². The van der Waals surface area contributed by atoms with Crippen molar-refractivity contribution in [1.29, 1.82) is 0 Å². The highest BCUT2D eigenvalue weighted by atomic mass is 16.2. The number of H-pyrrole nitrogens is 1. The predicted octanol–water partition coefficient (Wildman–Crippen LogP) is 3.50. The number of aromatic nitrogens is 4. The first kappa shape index (κ1) is 18.8. The minimum Gasteiger partial charge on any atom is -0.343 e. The summed E-state index contributed by atoms with van der Waals surface area (Å²) in [4.78, 5) is 13.2. The van der Waals surface area contributed by atoms with Crippen molar-refractivity contribution in [1.82, 2.24) is 25.9 Å². The van der Waals surface area contributed by atoms with Crippen LogP contribution in [0.25, 0.3) is 11.1 Å². The number of benzene rings is 2. The van der Waals surface area contributed by atoms with Gasteiger partial charge in [0.2, 0.25) is 5.82 Å². The fourth-order valence-corrected chi connectivity index (χ4v) is 3.77. The number of nitrogens with zero attached hydrogens (tertiary/aromatic N) is 3. The number of rotatable bonds is 6. The van der Waals surface area contributed by atoms with Crippen molar-refractivity contribution in [3.8, 4) is 0 Å². The molecule has 3 aromatic rings. The van der Waals surface area contributed by atoms with Gasteiger partial charge in [0.1, 0.15) is 0 Å². The molecule has 0 spiro atoms. The van der Waals surface area contributed by atoms with Crippen LogP contribution in [0.15, 0.2) is 67.3 Å². The van der Waals surface area contributed by atoms with Gasteiger partial charge in [-0.1, -0.05) is 66.2 Å². The molecule has 0 bridgehead atoms. The Balaban J connectivity index is 1.74. The molecule has 1 amide bonds. The summed E-state index contributed by atoms with van der Waals surface area (Å²) in [5.41, 5.74) is 4.20. The number of carbonyl (C=O) groups is 1. The van der Waals surface area contributed by atoms with E-state index >= 15 is 0 Å². The third-order valence-corrected chi connectivity index (χ3v) is 5.45. The fraction of sp³-hybridized carbons (Fsp3) is 0.217. The van der Waals surface area contributed by atoms with Crippen LogP contribution in [0.4, 0.5) is 0 Å². The topological polar surface area (TPSA) is 83.6 Å². The third-order valence-electron chi connectivity index (χ3n) is 5.45. The number of hydrogen-bond acceptors (Lipinski definition) is 4. The van der Waals surface area contributed by atoms with Crippen molar-refractivity contribution in [2.24, 2.45) is 0 Å². The van der Waals surface area contributed by atoms with E-state index in [4.69, 9.17) is 0 Å². The van der Waals surface area contributed by atoms with Crippen molar-refractivity contribution in [3.05, 3.63) is 89.8 Å². The maximum absolute atomic E-state index is 13.2. The van der Waals surface area contributed by atoms with E-state index in [9.17, 15) is 4.79 Å². The van der Waals surface area contributed by atoms with E-state index in [1.807, 2.05) is 55.5 Å². The van der Waals surface area contributed by atoms with Gasteiger partial charge in [0.05, 0.1) is 11.1 Å². The van der Waals surface area contributed by atoms with E-state index in [0.717, 1.165) is 29.5 Å². The summed E-state index contributed by atoms with van der Waals surface area (Å²) in [7, 11) is 0. The van der Waals surface area contributed by atoms with Crippen LogP contribution in [-0.4, -0.2) is 32.1 Å². The Morgan fingerprint density at radius 1 is 1.14 bits per heavy atom. The van der Waals surface area contributed by atoms with Crippen LogP contribution in [0.2, 0.25) is 0 Å². The van der Waals surface area contributed by atoms with Crippen molar-refractivity contribution in [2.75, 3.05) is 0 Å². The zero-order chi connectivity index (χ0) is 20.3. The van der Waals surface area contributed by atoms with Crippen LogP contribution in [0.5, 0.6) is 0 Å². The molecule has 1 atom stereocenters. The monoisotopic (exact) mass is 385 g/mol. The minimum absolute atomic E-state index is 0.207. The second kappa shape index (κ2) is 7.83.